The third-order valence-electron chi connectivity index (χ3n) is 11.3. The highest BCUT2D eigenvalue weighted by molar-refractivity contribution is 6.25. The molecular formula is C45H38N4. The molecule has 4 heteroatoms. The van der Waals surface area contributed by atoms with Crippen LogP contribution in [0, 0.1) is 29.1 Å². The van der Waals surface area contributed by atoms with Crippen LogP contribution < -0.4 is 0 Å². The maximum Gasteiger partial charge on any atom is 0.164 e. The van der Waals surface area contributed by atoms with Crippen LogP contribution in [0.25, 0.3) is 66.5 Å². The van der Waals surface area contributed by atoms with Crippen LogP contribution in [0.15, 0.2) is 115 Å². The Morgan fingerprint density at radius 2 is 1.04 bits per heavy atom. The second-order valence-electron chi connectivity index (χ2n) is 14.9. The summed E-state index contributed by atoms with van der Waals surface area (Å²) in [5, 5.41) is 16.5. The molecule has 0 radical (unpaired) electrons. The van der Waals surface area contributed by atoms with E-state index in [-0.39, 0.29) is 5.41 Å². The lowest BCUT2D eigenvalue weighted by Crippen LogP contribution is -2.42. The maximum absolute atomic E-state index is 9.68. The Labute approximate surface area is 287 Å². The summed E-state index contributed by atoms with van der Waals surface area (Å²) in [7, 11) is 0. The monoisotopic (exact) mass is 634 g/mol. The van der Waals surface area contributed by atoms with Crippen molar-refractivity contribution >= 4 is 32.3 Å². The molecule has 0 saturated heterocycles. The zero-order chi connectivity index (χ0) is 33.1. The molecular weight excluding hydrogens is 597 g/mol. The number of hydrogen-bond donors (Lipinski definition) is 0. The van der Waals surface area contributed by atoms with E-state index in [4.69, 9.17) is 15.0 Å². The smallest absolute Gasteiger partial charge is 0.164 e. The number of nitrogens with zero attached hydrogens (tertiary/aromatic N) is 4. The molecule has 2 bridgehead atoms. The fourth-order valence-corrected chi connectivity index (χ4v) is 9.55. The van der Waals surface area contributed by atoms with Crippen molar-refractivity contribution < 1.29 is 0 Å². The van der Waals surface area contributed by atoms with Gasteiger partial charge in [0.25, 0.3) is 0 Å². The molecule has 49 heavy (non-hydrogen) atoms. The molecule has 2 fully saturated rings. The van der Waals surface area contributed by atoms with Crippen LogP contribution in [-0.2, 0) is 5.41 Å². The molecule has 6 aromatic carbocycles. The summed E-state index contributed by atoms with van der Waals surface area (Å²) in [6, 6.07) is 42.6. The van der Waals surface area contributed by atoms with Gasteiger partial charge in [-0.2, -0.15) is 5.26 Å². The van der Waals surface area contributed by atoms with E-state index in [0.29, 0.717) is 23.0 Å². The van der Waals surface area contributed by atoms with Crippen molar-refractivity contribution in [3.05, 3.63) is 126 Å². The minimum Gasteiger partial charge on any atom is -0.208 e. The third kappa shape index (κ3) is 5.16. The topological polar surface area (TPSA) is 62.5 Å². The molecule has 2 saturated carbocycles. The molecule has 0 N–H and O–H groups in total. The zero-order valence-corrected chi connectivity index (χ0v) is 28.0. The summed E-state index contributed by atoms with van der Waals surface area (Å²) in [6.07, 6.45) is 6.64. The van der Waals surface area contributed by atoms with Crippen LogP contribution in [0.2, 0.25) is 0 Å². The SMILES string of the molecule is C[C@@H]1CC2C[C@H](C)CC(c3ccc(-c4nc(-c5ccccc5)nc(-c5ccc6c7ccccc7c7cc(C#N)ccc7c6c5)n4)cc3)(C2)C1. The fourth-order valence-electron chi connectivity index (χ4n) is 9.55. The van der Waals surface area contributed by atoms with Gasteiger partial charge in [-0.25, -0.2) is 15.0 Å². The predicted octanol–water partition coefficient (Wildman–Crippen LogP) is 11.3. The van der Waals surface area contributed by atoms with Gasteiger partial charge in [-0.15, -0.1) is 0 Å². The minimum absolute atomic E-state index is 0.282. The fraction of sp³-hybridized carbons (Fsp3) is 0.244. The van der Waals surface area contributed by atoms with E-state index in [1.54, 1.807) is 0 Å². The van der Waals surface area contributed by atoms with Gasteiger partial charge in [0.15, 0.2) is 17.5 Å². The largest absolute Gasteiger partial charge is 0.208 e. The first-order valence-corrected chi connectivity index (χ1v) is 17.7. The van der Waals surface area contributed by atoms with E-state index < -0.39 is 0 Å². The van der Waals surface area contributed by atoms with Gasteiger partial charge in [-0.3, -0.25) is 0 Å². The maximum atomic E-state index is 9.68. The van der Waals surface area contributed by atoms with E-state index in [1.807, 2.05) is 30.3 Å². The second-order valence-corrected chi connectivity index (χ2v) is 14.9. The Kier molecular flexibility index (Phi) is 7.06. The first kappa shape index (κ1) is 29.7. The molecule has 0 spiro atoms. The Hall–Kier alpha value is -5.40. The van der Waals surface area contributed by atoms with Crippen molar-refractivity contribution in [2.75, 3.05) is 0 Å². The van der Waals surface area contributed by atoms with Crippen molar-refractivity contribution in [3.63, 3.8) is 0 Å². The van der Waals surface area contributed by atoms with Gasteiger partial charge in [0.05, 0.1) is 11.6 Å². The summed E-state index contributed by atoms with van der Waals surface area (Å²) in [6.45, 7) is 4.90. The standard InChI is InChI=1S/C45H38N4/c1-28-20-31-21-29(2)25-45(24-28,26-31)35-16-13-33(14-17-35)43-47-42(32-8-4-3-5-9-32)48-44(49-43)34-15-19-38-36-10-6-7-11-37(36)40-22-30(27-46)12-18-39(40)41(38)23-34/h3-19,22-23,28-29,31H,20-21,24-26H2,1-2H3/t28-,29+,31?,45?. The summed E-state index contributed by atoms with van der Waals surface area (Å²) >= 11 is 0. The Bertz CT molecular complexity index is 2400. The quantitative estimate of drug-likeness (QED) is 0.181. The van der Waals surface area contributed by atoms with Gasteiger partial charge < -0.3 is 0 Å². The molecule has 1 heterocycles. The van der Waals surface area contributed by atoms with E-state index in [2.05, 4.69) is 105 Å². The molecule has 4 atom stereocenters. The molecule has 7 aromatic rings. The molecule has 238 valence electrons. The number of aromatic nitrogens is 3. The molecule has 4 nitrogen and oxygen atoms in total. The third-order valence-corrected chi connectivity index (χ3v) is 11.3. The lowest BCUT2D eigenvalue weighted by atomic mass is 9.54. The van der Waals surface area contributed by atoms with Crippen LogP contribution in [-0.4, -0.2) is 15.0 Å². The highest BCUT2D eigenvalue weighted by Gasteiger charge is 2.45. The molecule has 1 aromatic heterocycles. The minimum atomic E-state index is 0.282. The van der Waals surface area contributed by atoms with E-state index in [0.717, 1.165) is 56.0 Å². The average Bonchev–Trinajstić information content (AvgIpc) is 3.14. The van der Waals surface area contributed by atoms with Crippen LogP contribution in [0.5, 0.6) is 0 Å². The van der Waals surface area contributed by atoms with Crippen LogP contribution in [0.3, 0.4) is 0 Å². The highest BCUT2D eigenvalue weighted by atomic mass is 15.0. The van der Waals surface area contributed by atoms with Gasteiger partial charge in [-0.1, -0.05) is 111 Å². The van der Waals surface area contributed by atoms with E-state index in [9.17, 15) is 5.26 Å². The summed E-state index contributed by atoms with van der Waals surface area (Å²) < 4.78 is 0. The summed E-state index contributed by atoms with van der Waals surface area (Å²) in [5.41, 5.74) is 5.32. The van der Waals surface area contributed by atoms with E-state index in [1.165, 1.54) is 48.4 Å². The van der Waals surface area contributed by atoms with Gasteiger partial charge in [0, 0.05) is 16.7 Å². The first-order chi connectivity index (χ1) is 24.0. The van der Waals surface area contributed by atoms with Crippen LogP contribution in [0.4, 0.5) is 0 Å². The zero-order valence-electron chi connectivity index (χ0n) is 28.0. The highest BCUT2D eigenvalue weighted by Crippen LogP contribution is 2.54. The number of fused-ring (bicyclic) bond motifs is 8. The van der Waals surface area contributed by atoms with Crippen LogP contribution in [0.1, 0.15) is 57.1 Å². The average molecular weight is 635 g/mol. The van der Waals surface area contributed by atoms with Crippen molar-refractivity contribution in [2.45, 2.75) is 51.4 Å². The molecule has 2 aliphatic carbocycles. The van der Waals surface area contributed by atoms with Gasteiger partial charge in [0.2, 0.25) is 0 Å². The number of benzene rings is 6. The first-order valence-electron chi connectivity index (χ1n) is 17.7. The molecule has 0 amide bonds. The van der Waals surface area contributed by atoms with Crippen LogP contribution >= 0.6 is 0 Å². The number of rotatable bonds is 4. The summed E-state index contributed by atoms with van der Waals surface area (Å²) in [5.74, 6) is 4.38. The number of hydrogen-bond acceptors (Lipinski definition) is 4. The van der Waals surface area contributed by atoms with Crippen molar-refractivity contribution in [1.29, 1.82) is 5.26 Å². The lowest BCUT2D eigenvalue weighted by molar-refractivity contribution is 0.0780. The lowest BCUT2D eigenvalue weighted by Gasteiger charge is -2.50. The Morgan fingerprint density at radius 3 is 1.71 bits per heavy atom. The van der Waals surface area contributed by atoms with Gasteiger partial charge in [-0.05, 0) is 111 Å². The van der Waals surface area contributed by atoms with Crippen molar-refractivity contribution in [3.8, 4) is 40.2 Å². The molecule has 2 unspecified atom stereocenters. The van der Waals surface area contributed by atoms with Gasteiger partial charge >= 0.3 is 0 Å². The summed E-state index contributed by atoms with van der Waals surface area (Å²) in [4.78, 5) is 15.2. The second kappa shape index (κ2) is 11.6. The van der Waals surface area contributed by atoms with E-state index >= 15 is 0 Å². The van der Waals surface area contributed by atoms with Crippen molar-refractivity contribution in [1.82, 2.24) is 15.0 Å². The number of nitriles is 1. The van der Waals surface area contributed by atoms with Crippen molar-refractivity contribution in [2.24, 2.45) is 17.8 Å². The molecule has 0 aliphatic heterocycles. The Balaban J connectivity index is 1.19. The van der Waals surface area contributed by atoms with Gasteiger partial charge in [0.1, 0.15) is 0 Å². The molecule has 2 aliphatic rings. The molecule has 9 rings (SSSR count). The predicted molar refractivity (Wildman–Crippen MR) is 200 cm³/mol. The Morgan fingerprint density at radius 1 is 0.531 bits per heavy atom. The normalized spacial score (nSPS) is 21.9.